The maximum absolute atomic E-state index is 13.7. The summed E-state index contributed by atoms with van der Waals surface area (Å²) in [5, 5.41) is 3.04. The minimum Gasteiger partial charge on any atom is -0.370 e. The number of quaternary nitrogens is 1. The summed E-state index contributed by atoms with van der Waals surface area (Å²) in [5.41, 5.74) is 4.27. The second-order valence-electron chi connectivity index (χ2n) is 7.59. The SMILES string of the molecule is CCc1c(C)c(C(=O)NCC[NH+]2CCOCC2)n(Cc2ccc(F)c(F)c2)c1C. The molecule has 0 unspecified atom stereocenters. The first kappa shape index (κ1) is 21.5. The third-order valence-corrected chi connectivity index (χ3v) is 5.78. The van der Waals surface area contributed by atoms with Crippen LogP contribution in [0.5, 0.6) is 0 Å². The molecule has 1 saturated heterocycles. The fourth-order valence-electron chi connectivity index (χ4n) is 4.13. The standard InChI is InChI=1S/C22H29F2N3O2/c1-4-18-15(2)21(22(28)25-7-8-26-9-11-29-12-10-26)27(16(18)3)14-17-5-6-19(23)20(24)13-17/h5-6,13H,4,7-12,14H2,1-3H3,(H,25,28)/p+1. The smallest absolute Gasteiger partial charge is 0.268 e. The molecule has 0 aliphatic carbocycles. The lowest BCUT2D eigenvalue weighted by Crippen LogP contribution is -3.14. The number of aromatic nitrogens is 1. The van der Waals surface area contributed by atoms with Crippen LogP contribution >= 0.6 is 0 Å². The van der Waals surface area contributed by atoms with E-state index in [1.165, 1.54) is 11.0 Å². The van der Waals surface area contributed by atoms with E-state index in [2.05, 4.69) is 12.2 Å². The van der Waals surface area contributed by atoms with E-state index in [4.69, 9.17) is 4.74 Å². The van der Waals surface area contributed by atoms with Crippen molar-refractivity contribution >= 4 is 5.91 Å². The third kappa shape index (κ3) is 4.85. The van der Waals surface area contributed by atoms with Crippen molar-refractivity contribution in [3.05, 3.63) is 57.9 Å². The van der Waals surface area contributed by atoms with Crippen molar-refractivity contribution in [3.63, 3.8) is 0 Å². The molecule has 1 aromatic heterocycles. The maximum Gasteiger partial charge on any atom is 0.268 e. The molecule has 1 aromatic carbocycles. The number of halogens is 2. The van der Waals surface area contributed by atoms with Gasteiger partial charge in [-0.15, -0.1) is 0 Å². The second-order valence-corrected chi connectivity index (χ2v) is 7.59. The highest BCUT2D eigenvalue weighted by Gasteiger charge is 2.23. The Morgan fingerprint density at radius 2 is 1.93 bits per heavy atom. The topological polar surface area (TPSA) is 47.7 Å². The summed E-state index contributed by atoms with van der Waals surface area (Å²) in [5.74, 6) is -1.87. The summed E-state index contributed by atoms with van der Waals surface area (Å²) in [7, 11) is 0. The van der Waals surface area contributed by atoms with Crippen molar-refractivity contribution in [2.24, 2.45) is 0 Å². The average Bonchev–Trinajstić information content (AvgIpc) is 2.94. The van der Waals surface area contributed by atoms with E-state index in [9.17, 15) is 13.6 Å². The fraction of sp³-hybridized carbons (Fsp3) is 0.500. The lowest BCUT2D eigenvalue weighted by molar-refractivity contribution is -0.906. The molecule has 1 aliphatic rings. The molecule has 1 aliphatic heterocycles. The molecule has 2 aromatic rings. The number of hydrogen-bond acceptors (Lipinski definition) is 2. The van der Waals surface area contributed by atoms with Crippen LogP contribution in [0.2, 0.25) is 0 Å². The quantitative estimate of drug-likeness (QED) is 0.735. The molecule has 29 heavy (non-hydrogen) atoms. The van der Waals surface area contributed by atoms with Gasteiger partial charge in [0.15, 0.2) is 11.6 Å². The molecule has 1 fully saturated rings. The van der Waals surface area contributed by atoms with Crippen LogP contribution in [0.15, 0.2) is 18.2 Å². The van der Waals surface area contributed by atoms with Crippen LogP contribution in [0, 0.1) is 25.5 Å². The van der Waals surface area contributed by atoms with E-state index in [0.29, 0.717) is 24.3 Å². The Kier molecular flexibility index (Phi) is 7.03. The van der Waals surface area contributed by atoms with Gasteiger partial charge in [-0.05, 0) is 49.1 Å². The van der Waals surface area contributed by atoms with E-state index < -0.39 is 11.6 Å². The molecule has 5 nitrogen and oxygen atoms in total. The minimum atomic E-state index is -0.876. The zero-order chi connectivity index (χ0) is 21.0. The zero-order valence-corrected chi connectivity index (χ0v) is 17.4. The van der Waals surface area contributed by atoms with Gasteiger partial charge >= 0.3 is 0 Å². The molecular formula is C22H30F2N3O2+. The van der Waals surface area contributed by atoms with Crippen LogP contribution in [0.25, 0.3) is 0 Å². The lowest BCUT2D eigenvalue weighted by Gasteiger charge is -2.23. The first-order valence-corrected chi connectivity index (χ1v) is 10.2. The molecule has 2 heterocycles. The van der Waals surface area contributed by atoms with E-state index in [1.807, 2.05) is 18.4 Å². The molecule has 0 spiro atoms. The van der Waals surface area contributed by atoms with Gasteiger partial charge in [-0.1, -0.05) is 13.0 Å². The van der Waals surface area contributed by atoms with Crippen molar-refractivity contribution < 1.29 is 23.2 Å². The highest BCUT2D eigenvalue weighted by molar-refractivity contribution is 5.95. The van der Waals surface area contributed by atoms with E-state index in [-0.39, 0.29) is 5.91 Å². The van der Waals surface area contributed by atoms with Gasteiger partial charge in [-0.2, -0.15) is 0 Å². The number of morpholine rings is 1. The van der Waals surface area contributed by atoms with Crippen molar-refractivity contribution in [2.75, 3.05) is 39.4 Å². The molecule has 158 valence electrons. The number of ether oxygens (including phenoxy) is 1. The first-order chi connectivity index (χ1) is 13.9. The van der Waals surface area contributed by atoms with Gasteiger partial charge < -0.3 is 19.5 Å². The third-order valence-electron chi connectivity index (χ3n) is 5.78. The zero-order valence-electron chi connectivity index (χ0n) is 17.4. The van der Waals surface area contributed by atoms with Crippen molar-refractivity contribution in [2.45, 2.75) is 33.7 Å². The summed E-state index contributed by atoms with van der Waals surface area (Å²) in [4.78, 5) is 14.4. The highest BCUT2D eigenvalue weighted by Crippen LogP contribution is 2.24. The predicted octanol–water partition coefficient (Wildman–Crippen LogP) is 1.64. The van der Waals surface area contributed by atoms with E-state index in [1.54, 1.807) is 6.07 Å². The van der Waals surface area contributed by atoms with Crippen LogP contribution in [-0.2, 0) is 17.7 Å². The summed E-state index contributed by atoms with van der Waals surface area (Å²) in [6.45, 7) is 11.2. The number of benzene rings is 1. The number of carbonyl (C=O) groups is 1. The first-order valence-electron chi connectivity index (χ1n) is 10.2. The van der Waals surface area contributed by atoms with Crippen LogP contribution in [0.3, 0.4) is 0 Å². The molecule has 0 bridgehead atoms. The summed E-state index contributed by atoms with van der Waals surface area (Å²) < 4.78 is 34.2. The Morgan fingerprint density at radius 1 is 1.21 bits per heavy atom. The van der Waals surface area contributed by atoms with Gasteiger partial charge in [0.1, 0.15) is 18.8 Å². The van der Waals surface area contributed by atoms with Crippen LogP contribution < -0.4 is 10.2 Å². The second kappa shape index (κ2) is 9.50. The van der Waals surface area contributed by atoms with Crippen molar-refractivity contribution in [1.82, 2.24) is 9.88 Å². The van der Waals surface area contributed by atoms with Crippen LogP contribution in [0.1, 0.15) is 39.8 Å². The molecule has 3 rings (SSSR count). The highest BCUT2D eigenvalue weighted by atomic mass is 19.2. The lowest BCUT2D eigenvalue weighted by atomic mass is 10.1. The maximum atomic E-state index is 13.7. The van der Waals surface area contributed by atoms with Gasteiger partial charge in [-0.25, -0.2) is 8.78 Å². The van der Waals surface area contributed by atoms with Gasteiger partial charge in [0, 0.05) is 12.2 Å². The van der Waals surface area contributed by atoms with Crippen LogP contribution in [0.4, 0.5) is 8.78 Å². The van der Waals surface area contributed by atoms with Gasteiger partial charge in [0.2, 0.25) is 0 Å². The number of nitrogens with one attached hydrogen (secondary N) is 2. The summed E-state index contributed by atoms with van der Waals surface area (Å²) in [6, 6.07) is 3.88. The average molecular weight is 406 g/mol. The van der Waals surface area contributed by atoms with E-state index >= 15 is 0 Å². The van der Waals surface area contributed by atoms with Gasteiger partial charge in [0.05, 0.1) is 26.3 Å². The summed E-state index contributed by atoms with van der Waals surface area (Å²) >= 11 is 0. The number of amides is 1. The number of hydrogen-bond donors (Lipinski definition) is 2. The number of nitrogens with zero attached hydrogens (tertiary/aromatic N) is 1. The largest absolute Gasteiger partial charge is 0.370 e. The Bertz CT molecular complexity index is 873. The predicted molar refractivity (Wildman–Crippen MR) is 107 cm³/mol. The fourth-order valence-corrected chi connectivity index (χ4v) is 4.13. The summed E-state index contributed by atoms with van der Waals surface area (Å²) in [6.07, 6.45) is 0.806. The normalized spacial score (nSPS) is 14.9. The molecule has 2 N–H and O–H groups in total. The van der Waals surface area contributed by atoms with E-state index in [0.717, 1.165) is 62.2 Å². The van der Waals surface area contributed by atoms with Gasteiger partial charge in [0.25, 0.3) is 5.91 Å². The molecule has 0 atom stereocenters. The molecular weight excluding hydrogens is 376 g/mol. The Balaban J connectivity index is 1.78. The molecule has 1 amide bonds. The number of carbonyl (C=O) groups excluding carboxylic acids is 1. The Labute approximate surface area is 170 Å². The van der Waals surface area contributed by atoms with Gasteiger partial charge in [-0.3, -0.25) is 4.79 Å². The number of rotatable bonds is 7. The monoisotopic (exact) mass is 406 g/mol. The molecule has 7 heteroatoms. The van der Waals surface area contributed by atoms with Crippen molar-refractivity contribution in [3.8, 4) is 0 Å². The minimum absolute atomic E-state index is 0.124. The molecule has 0 saturated carbocycles. The Morgan fingerprint density at radius 3 is 2.59 bits per heavy atom. The Hall–Kier alpha value is -2.25. The molecule has 0 radical (unpaired) electrons. The van der Waals surface area contributed by atoms with Crippen molar-refractivity contribution in [1.29, 1.82) is 0 Å². The van der Waals surface area contributed by atoms with Crippen LogP contribution in [-0.4, -0.2) is 49.9 Å².